The van der Waals surface area contributed by atoms with E-state index in [1.54, 1.807) is 0 Å². The third-order valence-electron chi connectivity index (χ3n) is 1.46. The molecule has 1 atom stereocenters. The molecule has 1 unspecified atom stereocenters. The summed E-state index contributed by atoms with van der Waals surface area (Å²) < 4.78 is 5.36. The second kappa shape index (κ2) is 5.69. The Morgan fingerprint density at radius 2 is 1.90 bits per heavy atom. The van der Waals surface area contributed by atoms with Crippen molar-refractivity contribution < 1.29 is 4.74 Å². The molecule has 0 aromatic rings. The highest BCUT2D eigenvalue weighted by Crippen LogP contribution is 2.00. The van der Waals surface area contributed by atoms with Crippen LogP contribution in [0.1, 0.15) is 27.2 Å². The Bertz CT molecular complexity index is 73.7. The monoisotopic (exact) mass is 145 g/mol. The summed E-state index contributed by atoms with van der Waals surface area (Å²) in [7, 11) is 0. The Morgan fingerprint density at radius 3 is 2.30 bits per heavy atom. The molecule has 2 nitrogen and oxygen atoms in total. The third kappa shape index (κ3) is 6.05. The van der Waals surface area contributed by atoms with E-state index >= 15 is 0 Å². The van der Waals surface area contributed by atoms with E-state index in [-0.39, 0.29) is 0 Å². The van der Waals surface area contributed by atoms with E-state index in [1.165, 1.54) is 0 Å². The second-order valence-electron chi connectivity index (χ2n) is 3.05. The van der Waals surface area contributed by atoms with Gasteiger partial charge in [-0.3, -0.25) is 0 Å². The largest absolute Gasteiger partial charge is 0.379 e. The summed E-state index contributed by atoms with van der Waals surface area (Å²) in [5.41, 5.74) is 5.43. The van der Waals surface area contributed by atoms with Crippen molar-refractivity contribution in [3.8, 4) is 0 Å². The smallest absolute Gasteiger partial charge is 0.0518 e. The van der Waals surface area contributed by atoms with E-state index in [2.05, 4.69) is 6.92 Å². The summed E-state index contributed by atoms with van der Waals surface area (Å²) >= 11 is 0. The van der Waals surface area contributed by atoms with E-state index in [0.717, 1.165) is 19.6 Å². The molecular formula is C8H19NO. The number of ether oxygens (including phenoxy) is 1. The maximum atomic E-state index is 5.43. The minimum Gasteiger partial charge on any atom is -0.379 e. The average Bonchev–Trinajstić information content (AvgIpc) is 1.87. The van der Waals surface area contributed by atoms with Crippen molar-refractivity contribution in [1.29, 1.82) is 0 Å². The first kappa shape index (κ1) is 9.92. The van der Waals surface area contributed by atoms with Gasteiger partial charge in [0.05, 0.1) is 6.10 Å². The molecule has 0 aromatic carbocycles. The van der Waals surface area contributed by atoms with Gasteiger partial charge in [0.1, 0.15) is 0 Å². The van der Waals surface area contributed by atoms with Gasteiger partial charge in [-0.15, -0.1) is 0 Å². The van der Waals surface area contributed by atoms with Gasteiger partial charge >= 0.3 is 0 Å². The van der Waals surface area contributed by atoms with Crippen LogP contribution in [0.3, 0.4) is 0 Å². The van der Waals surface area contributed by atoms with Gasteiger partial charge in [0.25, 0.3) is 0 Å². The van der Waals surface area contributed by atoms with Crippen molar-refractivity contribution >= 4 is 0 Å². The lowest BCUT2D eigenvalue weighted by Crippen LogP contribution is -2.14. The van der Waals surface area contributed by atoms with Crippen molar-refractivity contribution in [2.24, 2.45) is 11.7 Å². The van der Waals surface area contributed by atoms with E-state index in [4.69, 9.17) is 10.5 Å². The molecule has 0 fully saturated rings. The highest BCUT2D eigenvalue weighted by atomic mass is 16.5. The molecule has 0 saturated carbocycles. The van der Waals surface area contributed by atoms with Crippen LogP contribution in [-0.2, 0) is 4.74 Å². The minimum atomic E-state index is 0.352. The fraction of sp³-hybridized carbons (Fsp3) is 1.00. The highest BCUT2D eigenvalue weighted by Gasteiger charge is 1.99. The van der Waals surface area contributed by atoms with Crippen LogP contribution in [0.5, 0.6) is 0 Å². The van der Waals surface area contributed by atoms with Gasteiger partial charge in [-0.2, -0.15) is 0 Å². The Morgan fingerprint density at radius 1 is 1.30 bits per heavy atom. The van der Waals surface area contributed by atoms with Gasteiger partial charge < -0.3 is 10.5 Å². The van der Waals surface area contributed by atoms with Gasteiger partial charge in [-0.1, -0.05) is 6.92 Å². The SMILES string of the molecule is CC(CN)CCOC(C)C. The predicted octanol–water partition coefficient (Wildman–Crippen LogP) is 1.40. The molecule has 2 heteroatoms. The van der Waals surface area contributed by atoms with E-state index in [9.17, 15) is 0 Å². The molecule has 0 aliphatic rings. The first-order valence-electron chi connectivity index (χ1n) is 3.98. The normalized spacial score (nSPS) is 14.1. The molecule has 2 N–H and O–H groups in total. The van der Waals surface area contributed by atoms with Crippen molar-refractivity contribution in [1.82, 2.24) is 0 Å². The zero-order valence-corrected chi connectivity index (χ0v) is 7.26. The third-order valence-corrected chi connectivity index (χ3v) is 1.46. The molecule has 0 aliphatic heterocycles. The number of nitrogens with two attached hydrogens (primary N) is 1. The molecule has 0 radical (unpaired) electrons. The summed E-state index contributed by atoms with van der Waals surface area (Å²) in [6.07, 6.45) is 1.43. The fourth-order valence-corrected chi connectivity index (χ4v) is 0.623. The second-order valence-corrected chi connectivity index (χ2v) is 3.05. The molecule has 0 aliphatic carbocycles. The van der Waals surface area contributed by atoms with Crippen molar-refractivity contribution in [3.05, 3.63) is 0 Å². The summed E-state index contributed by atoms with van der Waals surface area (Å²) in [6, 6.07) is 0. The number of rotatable bonds is 5. The molecule has 0 amide bonds. The van der Waals surface area contributed by atoms with Gasteiger partial charge in [-0.25, -0.2) is 0 Å². The first-order valence-corrected chi connectivity index (χ1v) is 3.98. The molecule has 0 rings (SSSR count). The van der Waals surface area contributed by atoms with Gasteiger partial charge in [0.15, 0.2) is 0 Å². The minimum absolute atomic E-state index is 0.352. The topological polar surface area (TPSA) is 35.2 Å². The van der Waals surface area contributed by atoms with Crippen molar-refractivity contribution in [3.63, 3.8) is 0 Å². The van der Waals surface area contributed by atoms with Gasteiger partial charge in [0.2, 0.25) is 0 Å². The summed E-state index contributed by atoms with van der Waals surface area (Å²) in [5.74, 6) is 0.596. The predicted molar refractivity (Wildman–Crippen MR) is 43.9 cm³/mol. The van der Waals surface area contributed by atoms with E-state index in [1.807, 2.05) is 13.8 Å². The average molecular weight is 145 g/mol. The van der Waals surface area contributed by atoms with Gasteiger partial charge in [-0.05, 0) is 32.7 Å². The maximum Gasteiger partial charge on any atom is 0.0518 e. The van der Waals surface area contributed by atoms with Crippen LogP contribution >= 0.6 is 0 Å². The zero-order valence-electron chi connectivity index (χ0n) is 7.26. The van der Waals surface area contributed by atoms with Crippen LogP contribution in [0.15, 0.2) is 0 Å². The summed E-state index contributed by atoms with van der Waals surface area (Å²) in [6.45, 7) is 7.85. The van der Waals surface area contributed by atoms with E-state index < -0.39 is 0 Å². The lowest BCUT2D eigenvalue weighted by Gasteiger charge is -2.10. The number of hydrogen-bond donors (Lipinski definition) is 1. The molecular weight excluding hydrogens is 126 g/mol. The Kier molecular flexibility index (Phi) is 5.64. The van der Waals surface area contributed by atoms with Crippen LogP contribution in [0.25, 0.3) is 0 Å². The lowest BCUT2D eigenvalue weighted by molar-refractivity contribution is 0.0703. The molecule has 10 heavy (non-hydrogen) atoms. The maximum absolute atomic E-state index is 5.43. The Labute approximate surface area is 63.7 Å². The Balaban J connectivity index is 3.03. The highest BCUT2D eigenvalue weighted by molar-refractivity contribution is 4.51. The van der Waals surface area contributed by atoms with Gasteiger partial charge in [0, 0.05) is 6.61 Å². The van der Waals surface area contributed by atoms with Crippen LogP contribution in [0.4, 0.5) is 0 Å². The molecule has 0 aromatic heterocycles. The van der Waals surface area contributed by atoms with Crippen molar-refractivity contribution in [2.75, 3.05) is 13.2 Å². The molecule has 0 saturated heterocycles. The molecule has 0 spiro atoms. The van der Waals surface area contributed by atoms with Crippen molar-refractivity contribution in [2.45, 2.75) is 33.3 Å². The summed E-state index contributed by atoms with van der Waals surface area (Å²) in [5, 5.41) is 0. The van der Waals surface area contributed by atoms with Crippen LogP contribution < -0.4 is 5.73 Å². The zero-order chi connectivity index (χ0) is 7.98. The molecule has 62 valence electrons. The lowest BCUT2D eigenvalue weighted by atomic mass is 10.1. The molecule has 0 bridgehead atoms. The molecule has 0 heterocycles. The van der Waals surface area contributed by atoms with Crippen LogP contribution in [-0.4, -0.2) is 19.3 Å². The van der Waals surface area contributed by atoms with Crippen LogP contribution in [0.2, 0.25) is 0 Å². The van der Waals surface area contributed by atoms with E-state index in [0.29, 0.717) is 12.0 Å². The van der Waals surface area contributed by atoms with Crippen LogP contribution in [0, 0.1) is 5.92 Å². The quantitative estimate of drug-likeness (QED) is 0.634. The Hall–Kier alpha value is -0.0800. The standard InChI is InChI=1S/C8H19NO/c1-7(2)10-5-4-8(3)6-9/h7-8H,4-6,9H2,1-3H3. The number of hydrogen-bond acceptors (Lipinski definition) is 2. The summed E-state index contributed by atoms with van der Waals surface area (Å²) in [4.78, 5) is 0. The fourth-order valence-electron chi connectivity index (χ4n) is 0.623. The first-order chi connectivity index (χ1) is 4.66.